The van der Waals surface area contributed by atoms with Crippen molar-refractivity contribution >= 4 is 17.2 Å². The van der Waals surface area contributed by atoms with Crippen LogP contribution >= 0.6 is 11.3 Å². The Labute approximate surface area is 117 Å². The Morgan fingerprint density at radius 3 is 2.63 bits per heavy atom. The van der Waals surface area contributed by atoms with Gasteiger partial charge in [-0.25, -0.2) is 0 Å². The number of hydrogen-bond donors (Lipinski definition) is 1. The zero-order valence-corrected chi connectivity index (χ0v) is 11.8. The molecule has 1 atom stereocenters. The summed E-state index contributed by atoms with van der Waals surface area (Å²) in [4.78, 5) is 13.9. The summed E-state index contributed by atoms with van der Waals surface area (Å²) in [6, 6.07) is 11.4. The second-order valence-corrected chi connectivity index (χ2v) is 5.40. The quantitative estimate of drug-likeness (QED) is 0.909. The summed E-state index contributed by atoms with van der Waals surface area (Å²) >= 11 is 1.64. The summed E-state index contributed by atoms with van der Waals surface area (Å²) in [7, 11) is 1.80. The zero-order chi connectivity index (χ0) is 13.7. The first-order valence-corrected chi connectivity index (χ1v) is 7.16. The molecule has 0 bridgehead atoms. The van der Waals surface area contributed by atoms with E-state index in [1.165, 1.54) is 0 Å². The Kier molecular flexibility index (Phi) is 4.71. The van der Waals surface area contributed by atoms with Crippen molar-refractivity contribution in [2.75, 3.05) is 7.05 Å². The Morgan fingerprint density at radius 1 is 1.26 bits per heavy atom. The molecule has 2 rings (SSSR count). The molecule has 0 aliphatic carbocycles. The molecule has 1 heterocycles. The van der Waals surface area contributed by atoms with E-state index in [9.17, 15) is 4.79 Å². The molecule has 1 amide bonds. The van der Waals surface area contributed by atoms with Gasteiger partial charge in [0.2, 0.25) is 5.91 Å². The topological polar surface area (TPSA) is 46.3 Å². The molecule has 0 aliphatic rings. The minimum atomic E-state index is -0.481. The van der Waals surface area contributed by atoms with Gasteiger partial charge in [-0.05, 0) is 34.4 Å². The van der Waals surface area contributed by atoms with Gasteiger partial charge in [0, 0.05) is 13.6 Å². The second kappa shape index (κ2) is 6.50. The van der Waals surface area contributed by atoms with E-state index in [0.717, 1.165) is 11.1 Å². The lowest BCUT2D eigenvalue weighted by atomic mass is 10.1. The summed E-state index contributed by atoms with van der Waals surface area (Å²) in [6.07, 6.45) is 0.577. The van der Waals surface area contributed by atoms with Crippen LogP contribution in [-0.4, -0.2) is 23.9 Å². The van der Waals surface area contributed by atoms with E-state index < -0.39 is 6.04 Å². The van der Waals surface area contributed by atoms with Crippen LogP contribution in [0.15, 0.2) is 47.2 Å². The number of nitrogens with two attached hydrogens (primary N) is 1. The number of rotatable bonds is 5. The fourth-order valence-electron chi connectivity index (χ4n) is 1.97. The van der Waals surface area contributed by atoms with Crippen LogP contribution in [0.1, 0.15) is 11.1 Å². The molecule has 0 spiro atoms. The van der Waals surface area contributed by atoms with Crippen molar-refractivity contribution in [2.45, 2.75) is 19.0 Å². The van der Waals surface area contributed by atoms with Crippen LogP contribution in [0.4, 0.5) is 0 Å². The van der Waals surface area contributed by atoms with Gasteiger partial charge < -0.3 is 10.6 Å². The Balaban J connectivity index is 1.91. The number of amides is 1. The summed E-state index contributed by atoms with van der Waals surface area (Å²) in [5.41, 5.74) is 8.23. The van der Waals surface area contributed by atoms with Crippen LogP contribution in [0.3, 0.4) is 0 Å². The number of hydrogen-bond acceptors (Lipinski definition) is 3. The molecule has 0 saturated heterocycles. The molecule has 1 aromatic heterocycles. The molecule has 0 aliphatic heterocycles. The smallest absolute Gasteiger partial charge is 0.239 e. The standard InChI is InChI=1S/C15H18N2OS/c1-17(10-13-7-8-19-11-13)15(18)14(16)9-12-5-3-2-4-6-12/h2-8,11,14H,9-10,16H2,1H3/t14-/m1/s1. The molecule has 2 N–H and O–H groups in total. The Morgan fingerprint density at radius 2 is 2.00 bits per heavy atom. The first kappa shape index (κ1) is 13.8. The first-order chi connectivity index (χ1) is 9.16. The fourth-order valence-corrected chi connectivity index (χ4v) is 2.63. The first-order valence-electron chi connectivity index (χ1n) is 6.22. The van der Waals surface area contributed by atoms with Crippen LogP contribution in [0.5, 0.6) is 0 Å². The molecule has 0 radical (unpaired) electrons. The summed E-state index contributed by atoms with van der Waals surface area (Å²) < 4.78 is 0. The highest BCUT2D eigenvalue weighted by molar-refractivity contribution is 7.07. The second-order valence-electron chi connectivity index (χ2n) is 4.62. The fraction of sp³-hybridized carbons (Fsp3) is 0.267. The van der Waals surface area contributed by atoms with E-state index in [1.54, 1.807) is 23.3 Å². The number of thiophene rings is 1. The molecule has 0 saturated carbocycles. The van der Waals surface area contributed by atoms with E-state index in [4.69, 9.17) is 5.73 Å². The highest BCUT2D eigenvalue weighted by Gasteiger charge is 2.18. The van der Waals surface area contributed by atoms with Gasteiger partial charge in [0.25, 0.3) is 0 Å². The van der Waals surface area contributed by atoms with Crippen molar-refractivity contribution in [1.82, 2.24) is 4.90 Å². The lowest BCUT2D eigenvalue weighted by Gasteiger charge is -2.21. The molecule has 2 aromatic rings. The van der Waals surface area contributed by atoms with Gasteiger partial charge >= 0.3 is 0 Å². The maximum absolute atomic E-state index is 12.2. The lowest BCUT2D eigenvalue weighted by Crippen LogP contribution is -2.42. The van der Waals surface area contributed by atoms with Crippen LogP contribution < -0.4 is 5.73 Å². The van der Waals surface area contributed by atoms with Gasteiger partial charge in [0.05, 0.1) is 6.04 Å². The highest BCUT2D eigenvalue weighted by Crippen LogP contribution is 2.10. The van der Waals surface area contributed by atoms with Gasteiger partial charge in [-0.2, -0.15) is 11.3 Å². The predicted octanol–water partition coefficient (Wildman–Crippen LogP) is 2.28. The molecular formula is C15H18N2OS. The number of benzene rings is 1. The van der Waals surface area contributed by atoms with Crippen molar-refractivity contribution in [1.29, 1.82) is 0 Å². The van der Waals surface area contributed by atoms with E-state index in [2.05, 4.69) is 0 Å². The third kappa shape index (κ3) is 3.91. The molecule has 1 aromatic carbocycles. The number of carbonyl (C=O) groups excluding carboxylic acids is 1. The predicted molar refractivity (Wildman–Crippen MR) is 78.9 cm³/mol. The van der Waals surface area contributed by atoms with Crippen molar-refractivity contribution < 1.29 is 4.79 Å². The third-order valence-corrected chi connectivity index (χ3v) is 3.72. The van der Waals surface area contributed by atoms with Crippen LogP contribution in [0.25, 0.3) is 0 Å². The Bertz CT molecular complexity index is 510. The average molecular weight is 274 g/mol. The van der Waals surface area contributed by atoms with Crippen LogP contribution in [0.2, 0.25) is 0 Å². The van der Waals surface area contributed by atoms with Crippen molar-refractivity contribution in [3.63, 3.8) is 0 Å². The van der Waals surface area contributed by atoms with E-state index >= 15 is 0 Å². The van der Waals surface area contributed by atoms with Crippen LogP contribution in [0, 0.1) is 0 Å². The Hall–Kier alpha value is -1.65. The number of nitrogens with zero attached hydrogens (tertiary/aromatic N) is 1. The molecule has 0 fully saturated rings. The maximum Gasteiger partial charge on any atom is 0.239 e. The summed E-state index contributed by atoms with van der Waals surface area (Å²) in [5, 5.41) is 4.06. The molecule has 100 valence electrons. The molecule has 0 unspecified atom stereocenters. The molecule has 3 nitrogen and oxygen atoms in total. The van der Waals surface area contributed by atoms with E-state index in [-0.39, 0.29) is 5.91 Å². The lowest BCUT2D eigenvalue weighted by molar-refractivity contribution is -0.131. The van der Waals surface area contributed by atoms with Gasteiger partial charge in [0.15, 0.2) is 0 Å². The normalized spacial score (nSPS) is 12.1. The van der Waals surface area contributed by atoms with Crippen molar-refractivity contribution in [3.8, 4) is 0 Å². The van der Waals surface area contributed by atoms with Gasteiger partial charge in [-0.3, -0.25) is 4.79 Å². The summed E-state index contributed by atoms with van der Waals surface area (Å²) in [5.74, 6) is -0.0185. The average Bonchev–Trinajstić information content (AvgIpc) is 2.91. The van der Waals surface area contributed by atoms with Gasteiger partial charge in [0.1, 0.15) is 0 Å². The van der Waals surface area contributed by atoms with E-state index in [1.807, 2.05) is 47.2 Å². The number of carbonyl (C=O) groups is 1. The van der Waals surface area contributed by atoms with Gasteiger partial charge in [-0.1, -0.05) is 30.3 Å². The minimum absolute atomic E-state index is 0.0185. The van der Waals surface area contributed by atoms with Gasteiger partial charge in [-0.15, -0.1) is 0 Å². The van der Waals surface area contributed by atoms with Crippen molar-refractivity contribution in [2.24, 2.45) is 5.73 Å². The molecular weight excluding hydrogens is 256 g/mol. The molecule has 19 heavy (non-hydrogen) atoms. The maximum atomic E-state index is 12.2. The highest BCUT2D eigenvalue weighted by atomic mass is 32.1. The number of likely N-dealkylation sites (N-methyl/N-ethyl adjacent to an activating group) is 1. The van der Waals surface area contributed by atoms with E-state index in [0.29, 0.717) is 13.0 Å². The monoisotopic (exact) mass is 274 g/mol. The minimum Gasteiger partial charge on any atom is -0.340 e. The summed E-state index contributed by atoms with van der Waals surface area (Å²) in [6.45, 7) is 0.616. The largest absolute Gasteiger partial charge is 0.340 e. The SMILES string of the molecule is CN(Cc1ccsc1)C(=O)[C@H](N)Cc1ccccc1. The zero-order valence-electron chi connectivity index (χ0n) is 11.0. The molecule has 4 heteroatoms. The van der Waals surface area contributed by atoms with Crippen LogP contribution in [-0.2, 0) is 17.8 Å². The van der Waals surface area contributed by atoms with Crippen molar-refractivity contribution in [3.05, 3.63) is 58.3 Å². The third-order valence-electron chi connectivity index (χ3n) is 2.99.